The highest BCUT2D eigenvalue weighted by molar-refractivity contribution is 7.80. The molecule has 1 aliphatic rings. The number of hydrogen-bond acceptors (Lipinski definition) is 3. The van der Waals surface area contributed by atoms with E-state index < -0.39 is 0 Å². The summed E-state index contributed by atoms with van der Waals surface area (Å²) in [5, 5.41) is 6.72. The lowest BCUT2D eigenvalue weighted by molar-refractivity contribution is -0.115. The average Bonchev–Trinajstić information content (AvgIpc) is 2.68. The van der Waals surface area contributed by atoms with Gasteiger partial charge in [0, 0.05) is 11.6 Å². The smallest absolute Gasteiger partial charge is 0.273 e. The molecular weight excluding hydrogens is 246 g/mol. The van der Waals surface area contributed by atoms with Crippen molar-refractivity contribution in [2.75, 3.05) is 0 Å². The first kappa shape index (κ1) is 10.9. The standard InChI is InChI=1S/C13H9N3OS/c17-12-11(15-13(18)16-12)7-8-3-4-10-9(6-8)2-1-5-14-10/h1-7H,(H2,15,16,17,18). The van der Waals surface area contributed by atoms with Crippen LogP contribution in [0.15, 0.2) is 42.2 Å². The van der Waals surface area contributed by atoms with E-state index in [4.69, 9.17) is 12.2 Å². The number of pyridine rings is 1. The largest absolute Gasteiger partial charge is 0.328 e. The molecule has 18 heavy (non-hydrogen) atoms. The van der Waals surface area contributed by atoms with E-state index in [1.54, 1.807) is 12.3 Å². The molecule has 1 aliphatic heterocycles. The number of rotatable bonds is 1. The SMILES string of the molecule is O=C1NC(=S)NC1=Cc1ccc2ncccc2c1. The fourth-order valence-electron chi connectivity index (χ4n) is 1.83. The molecule has 2 heterocycles. The van der Waals surface area contributed by atoms with E-state index in [1.807, 2.05) is 30.3 Å². The zero-order valence-corrected chi connectivity index (χ0v) is 10.1. The maximum absolute atomic E-state index is 11.5. The number of carbonyl (C=O) groups excluding carboxylic acids is 1. The Balaban J connectivity index is 2.02. The van der Waals surface area contributed by atoms with Crippen molar-refractivity contribution in [2.45, 2.75) is 0 Å². The Labute approximate surface area is 109 Å². The van der Waals surface area contributed by atoms with Crippen LogP contribution in [-0.2, 0) is 4.79 Å². The number of fused-ring (bicyclic) bond motifs is 1. The van der Waals surface area contributed by atoms with Gasteiger partial charge in [-0.2, -0.15) is 0 Å². The van der Waals surface area contributed by atoms with Gasteiger partial charge in [0.2, 0.25) is 0 Å². The fourth-order valence-corrected chi connectivity index (χ4v) is 2.04. The summed E-state index contributed by atoms with van der Waals surface area (Å²) >= 11 is 4.87. The lowest BCUT2D eigenvalue weighted by atomic mass is 10.1. The van der Waals surface area contributed by atoms with Gasteiger partial charge >= 0.3 is 0 Å². The number of benzene rings is 1. The maximum Gasteiger partial charge on any atom is 0.273 e. The van der Waals surface area contributed by atoms with Gasteiger partial charge in [0.05, 0.1) is 5.52 Å². The molecule has 1 saturated heterocycles. The predicted octanol–water partition coefficient (Wildman–Crippen LogP) is 1.58. The van der Waals surface area contributed by atoms with Crippen LogP contribution in [0.2, 0.25) is 0 Å². The Morgan fingerprint density at radius 2 is 2.11 bits per heavy atom. The second-order valence-electron chi connectivity index (χ2n) is 3.92. The van der Waals surface area contributed by atoms with Gasteiger partial charge in [0.15, 0.2) is 5.11 Å². The first-order valence-corrected chi connectivity index (χ1v) is 5.82. The minimum absolute atomic E-state index is 0.203. The van der Waals surface area contributed by atoms with Gasteiger partial charge < -0.3 is 5.32 Å². The molecule has 4 nitrogen and oxygen atoms in total. The van der Waals surface area contributed by atoms with Gasteiger partial charge in [0.1, 0.15) is 5.70 Å². The number of aromatic nitrogens is 1. The minimum Gasteiger partial charge on any atom is -0.328 e. The van der Waals surface area contributed by atoms with E-state index in [1.165, 1.54) is 0 Å². The molecular formula is C13H9N3OS. The van der Waals surface area contributed by atoms with Gasteiger partial charge in [0.25, 0.3) is 5.91 Å². The Bertz CT molecular complexity index is 693. The Morgan fingerprint density at radius 3 is 2.89 bits per heavy atom. The zero-order valence-electron chi connectivity index (χ0n) is 9.31. The molecule has 2 N–H and O–H groups in total. The molecule has 3 rings (SSSR count). The number of thiocarbonyl (C=S) groups is 1. The van der Waals surface area contributed by atoms with E-state index in [2.05, 4.69) is 15.6 Å². The summed E-state index contributed by atoms with van der Waals surface area (Å²) < 4.78 is 0. The summed E-state index contributed by atoms with van der Waals surface area (Å²) in [6.45, 7) is 0. The topological polar surface area (TPSA) is 54.0 Å². The lowest BCUT2D eigenvalue weighted by Gasteiger charge is -1.99. The molecule has 1 aromatic carbocycles. The van der Waals surface area contributed by atoms with Crippen LogP contribution in [0.25, 0.3) is 17.0 Å². The van der Waals surface area contributed by atoms with E-state index in [9.17, 15) is 4.79 Å². The highest BCUT2D eigenvalue weighted by Crippen LogP contribution is 2.16. The molecule has 0 aliphatic carbocycles. The van der Waals surface area contributed by atoms with Crippen molar-refractivity contribution in [1.82, 2.24) is 15.6 Å². The summed E-state index contributed by atoms with van der Waals surface area (Å²) in [6.07, 6.45) is 3.52. The minimum atomic E-state index is -0.203. The number of carbonyl (C=O) groups is 1. The molecule has 0 atom stereocenters. The van der Waals surface area contributed by atoms with Gasteiger partial charge in [-0.05, 0) is 42.1 Å². The Kier molecular flexibility index (Phi) is 2.53. The Morgan fingerprint density at radius 1 is 1.22 bits per heavy atom. The summed E-state index contributed by atoms with van der Waals surface area (Å²) in [5.41, 5.74) is 2.32. The molecule has 1 fully saturated rings. The fraction of sp³-hybridized carbons (Fsp3) is 0. The molecule has 88 valence electrons. The average molecular weight is 255 g/mol. The molecule has 0 saturated carbocycles. The maximum atomic E-state index is 11.5. The molecule has 0 bridgehead atoms. The predicted molar refractivity (Wildman–Crippen MR) is 73.6 cm³/mol. The van der Waals surface area contributed by atoms with Crippen molar-refractivity contribution in [1.29, 1.82) is 0 Å². The number of amides is 1. The summed E-state index contributed by atoms with van der Waals surface area (Å²) in [5.74, 6) is -0.203. The molecule has 5 heteroatoms. The van der Waals surface area contributed by atoms with Crippen LogP contribution in [0.1, 0.15) is 5.56 Å². The van der Waals surface area contributed by atoms with Crippen LogP contribution in [0.5, 0.6) is 0 Å². The number of nitrogens with one attached hydrogen (secondary N) is 2. The highest BCUT2D eigenvalue weighted by Gasteiger charge is 2.19. The first-order chi connectivity index (χ1) is 8.72. The molecule has 0 spiro atoms. The van der Waals surface area contributed by atoms with Gasteiger partial charge in [-0.1, -0.05) is 12.1 Å². The monoisotopic (exact) mass is 255 g/mol. The molecule has 1 amide bonds. The third kappa shape index (κ3) is 1.96. The van der Waals surface area contributed by atoms with Gasteiger partial charge in [-0.3, -0.25) is 15.1 Å². The molecule has 2 aromatic rings. The van der Waals surface area contributed by atoms with E-state index in [-0.39, 0.29) is 5.91 Å². The number of hydrogen-bond donors (Lipinski definition) is 2. The summed E-state index contributed by atoms with van der Waals surface area (Å²) in [6, 6.07) is 9.68. The van der Waals surface area contributed by atoms with Crippen molar-refractivity contribution in [2.24, 2.45) is 0 Å². The normalized spacial score (nSPS) is 17.0. The third-order valence-corrected chi connectivity index (χ3v) is 2.86. The number of nitrogens with zero attached hydrogens (tertiary/aromatic N) is 1. The van der Waals surface area contributed by atoms with Crippen LogP contribution in [-0.4, -0.2) is 16.0 Å². The zero-order chi connectivity index (χ0) is 12.5. The van der Waals surface area contributed by atoms with Crippen LogP contribution < -0.4 is 10.6 Å². The third-order valence-electron chi connectivity index (χ3n) is 2.66. The Hall–Kier alpha value is -2.27. The van der Waals surface area contributed by atoms with Crippen LogP contribution in [0.3, 0.4) is 0 Å². The quantitative estimate of drug-likeness (QED) is 0.600. The van der Waals surface area contributed by atoms with E-state index in [0.717, 1.165) is 16.5 Å². The van der Waals surface area contributed by atoms with E-state index in [0.29, 0.717) is 10.8 Å². The van der Waals surface area contributed by atoms with Crippen LogP contribution >= 0.6 is 12.2 Å². The van der Waals surface area contributed by atoms with Crippen LogP contribution in [0.4, 0.5) is 0 Å². The lowest BCUT2D eigenvalue weighted by Crippen LogP contribution is -2.21. The van der Waals surface area contributed by atoms with Crippen molar-refractivity contribution in [3.63, 3.8) is 0 Å². The molecule has 0 unspecified atom stereocenters. The van der Waals surface area contributed by atoms with E-state index >= 15 is 0 Å². The van der Waals surface area contributed by atoms with Gasteiger partial charge in [-0.15, -0.1) is 0 Å². The second kappa shape index (κ2) is 4.19. The second-order valence-corrected chi connectivity index (χ2v) is 4.33. The molecule has 0 radical (unpaired) electrons. The van der Waals surface area contributed by atoms with Crippen molar-refractivity contribution in [3.8, 4) is 0 Å². The highest BCUT2D eigenvalue weighted by atomic mass is 32.1. The molecule has 1 aromatic heterocycles. The summed E-state index contributed by atoms with van der Waals surface area (Å²) in [7, 11) is 0. The van der Waals surface area contributed by atoms with Crippen molar-refractivity contribution in [3.05, 3.63) is 47.8 Å². The first-order valence-electron chi connectivity index (χ1n) is 5.41. The summed E-state index contributed by atoms with van der Waals surface area (Å²) in [4.78, 5) is 15.8. The van der Waals surface area contributed by atoms with Crippen molar-refractivity contribution >= 4 is 40.2 Å². The van der Waals surface area contributed by atoms with Crippen molar-refractivity contribution < 1.29 is 4.79 Å². The van der Waals surface area contributed by atoms with Gasteiger partial charge in [-0.25, -0.2) is 0 Å². The van der Waals surface area contributed by atoms with Crippen LogP contribution in [0, 0.1) is 0 Å².